The van der Waals surface area contributed by atoms with Gasteiger partial charge >= 0.3 is 0 Å². The van der Waals surface area contributed by atoms with Crippen LogP contribution in [0.3, 0.4) is 0 Å². The van der Waals surface area contributed by atoms with Gasteiger partial charge in [0.25, 0.3) is 0 Å². The van der Waals surface area contributed by atoms with Gasteiger partial charge in [0.1, 0.15) is 0 Å². The van der Waals surface area contributed by atoms with Gasteiger partial charge in [-0.05, 0) is 37.8 Å². The Morgan fingerprint density at radius 3 is 2.50 bits per heavy atom. The zero-order valence-electron chi connectivity index (χ0n) is 9.95. The third kappa shape index (κ3) is 3.84. The Hall–Kier alpha value is -0.470. The average Bonchev–Trinajstić information content (AvgIpc) is 2.33. The number of benzene rings is 1. The van der Waals surface area contributed by atoms with E-state index in [-0.39, 0.29) is 0 Å². The van der Waals surface area contributed by atoms with Crippen LogP contribution in [-0.4, -0.2) is 6.61 Å². The molecule has 0 amide bonds. The Balaban J connectivity index is 1.69. The van der Waals surface area contributed by atoms with Crippen molar-refractivity contribution in [2.24, 2.45) is 5.92 Å². The van der Waals surface area contributed by atoms with Crippen molar-refractivity contribution in [1.29, 1.82) is 0 Å². The number of rotatable bonds is 4. The SMILES string of the molecule is Cc1ccc(SOCC2CCCCC2)cc1. The standard InChI is InChI=1S/C14H20OS/c1-12-7-9-14(10-8-12)16-15-11-13-5-3-2-4-6-13/h7-10,13H,2-6,11H2,1H3. The zero-order chi connectivity index (χ0) is 11.2. The van der Waals surface area contributed by atoms with E-state index in [0.29, 0.717) is 0 Å². The van der Waals surface area contributed by atoms with Gasteiger partial charge < -0.3 is 4.18 Å². The van der Waals surface area contributed by atoms with Gasteiger partial charge in [-0.25, -0.2) is 0 Å². The van der Waals surface area contributed by atoms with E-state index in [2.05, 4.69) is 31.2 Å². The average molecular weight is 236 g/mol. The third-order valence-electron chi connectivity index (χ3n) is 3.20. The van der Waals surface area contributed by atoms with Gasteiger partial charge in [-0.1, -0.05) is 37.0 Å². The molecule has 16 heavy (non-hydrogen) atoms. The fourth-order valence-corrected chi connectivity index (χ4v) is 2.79. The normalized spacial score (nSPS) is 17.6. The first-order valence-corrected chi connectivity index (χ1v) is 6.95. The van der Waals surface area contributed by atoms with Crippen LogP contribution in [-0.2, 0) is 4.18 Å². The van der Waals surface area contributed by atoms with Crippen molar-refractivity contribution in [1.82, 2.24) is 0 Å². The molecule has 1 nitrogen and oxygen atoms in total. The minimum absolute atomic E-state index is 0.798. The number of hydrogen-bond donors (Lipinski definition) is 0. The van der Waals surface area contributed by atoms with Crippen LogP contribution in [0.5, 0.6) is 0 Å². The van der Waals surface area contributed by atoms with Crippen LogP contribution in [0.4, 0.5) is 0 Å². The highest BCUT2D eigenvalue weighted by molar-refractivity contribution is 7.94. The van der Waals surface area contributed by atoms with Crippen molar-refractivity contribution in [3.63, 3.8) is 0 Å². The molecule has 1 fully saturated rings. The molecule has 1 aromatic rings. The molecule has 0 heterocycles. The van der Waals surface area contributed by atoms with Gasteiger partial charge in [0.05, 0.1) is 6.61 Å². The lowest BCUT2D eigenvalue weighted by molar-refractivity contribution is 0.235. The summed E-state index contributed by atoms with van der Waals surface area (Å²) in [7, 11) is 0. The molecule has 0 N–H and O–H groups in total. The third-order valence-corrected chi connectivity index (χ3v) is 3.92. The minimum atomic E-state index is 0.798. The quantitative estimate of drug-likeness (QED) is 0.707. The molecule has 2 rings (SSSR count). The van der Waals surface area contributed by atoms with Crippen LogP contribution in [0.25, 0.3) is 0 Å². The van der Waals surface area contributed by atoms with E-state index in [1.54, 1.807) is 0 Å². The van der Waals surface area contributed by atoms with Crippen LogP contribution in [0.1, 0.15) is 37.7 Å². The molecular formula is C14H20OS. The van der Waals surface area contributed by atoms with Crippen LogP contribution in [0.15, 0.2) is 29.2 Å². The fraction of sp³-hybridized carbons (Fsp3) is 0.571. The summed E-state index contributed by atoms with van der Waals surface area (Å²) >= 11 is 1.52. The summed E-state index contributed by atoms with van der Waals surface area (Å²) in [4.78, 5) is 1.21. The fourth-order valence-electron chi connectivity index (χ4n) is 2.15. The lowest BCUT2D eigenvalue weighted by Gasteiger charge is -2.20. The Bertz CT molecular complexity index is 301. The summed E-state index contributed by atoms with van der Waals surface area (Å²) in [6.45, 7) is 3.02. The summed E-state index contributed by atoms with van der Waals surface area (Å²) in [5.74, 6) is 0.798. The second-order valence-corrected chi connectivity index (χ2v) is 5.56. The van der Waals surface area contributed by atoms with Gasteiger partial charge in [-0.3, -0.25) is 0 Å². The minimum Gasteiger partial charge on any atom is -0.310 e. The maximum atomic E-state index is 5.72. The molecule has 88 valence electrons. The van der Waals surface area contributed by atoms with E-state index >= 15 is 0 Å². The molecule has 0 aromatic heterocycles. The van der Waals surface area contributed by atoms with E-state index in [0.717, 1.165) is 12.5 Å². The first-order valence-electron chi connectivity index (χ1n) is 6.21. The van der Waals surface area contributed by atoms with E-state index in [9.17, 15) is 0 Å². The summed E-state index contributed by atoms with van der Waals surface area (Å²) in [6.07, 6.45) is 6.91. The second kappa shape index (κ2) is 6.31. The monoisotopic (exact) mass is 236 g/mol. The Morgan fingerprint density at radius 2 is 1.81 bits per heavy atom. The smallest absolute Gasteiger partial charge is 0.0646 e. The highest BCUT2D eigenvalue weighted by Crippen LogP contribution is 2.27. The van der Waals surface area contributed by atoms with Crippen LogP contribution < -0.4 is 0 Å². The van der Waals surface area contributed by atoms with Gasteiger partial charge in [-0.2, -0.15) is 0 Å². The van der Waals surface area contributed by atoms with Crippen molar-refractivity contribution in [2.75, 3.05) is 6.61 Å². The highest BCUT2D eigenvalue weighted by Gasteiger charge is 2.13. The van der Waals surface area contributed by atoms with Gasteiger partial charge in [0.15, 0.2) is 0 Å². The predicted molar refractivity (Wildman–Crippen MR) is 69.6 cm³/mol. The van der Waals surface area contributed by atoms with Crippen LogP contribution in [0.2, 0.25) is 0 Å². The molecule has 0 spiro atoms. The first-order chi connectivity index (χ1) is 7.84. The second-order valence-electron chi connectivity index (χ2n) is 4.68. The van der Waals surface area contributed by atoms with E-state index in [1.165, 1.54) is 54.6 Å². The highest BCUT2D eigenvalue weighted by atomic mass is 32.2. The maximum absolute atomic E-state index is 5.72. The molecule has 0 aliphatic heterocycles. The predicted octanol–water partition coefficient (Wildman–Crippen LogP) is 4.60. The molecule has 1 aliphatic carbocycles. The van der Waals surface area contributed by atoms with Gasteiger partial charge in [0, 0.05) is 16.9 Å². The Labute approximate surface area is 103 Å². The molecule has 0 atom stereocenters. The first kappa shape index (κ1) is 12.0. The zero-order valence-corrected chi connectivity index (χ0v) is 10.8. The van der Waals surface area contributed by atoms with E-state index < -0.39 is 0 Å². The van der Waals surface area contributed by atoms with Crippen molar-refractivity contribution in [3.8, 4) is 0 Å². The van der Waals surface area contributed by atoms with Crippen molar-refractivity contribution < 1.29 is 4.18 Å². The van der Waals surface area contributed by atoms with Crippen molar-refractivity contribution >= 4 is 12.0 Å². The summed E-state index contributed by atoms with van der Waals surface area (Å²) in [6, 6.07) is 8.51. The molecule has 0 bridgehead atoms. The molecule has 0 unspecified atom stereocenters. The molecule has 1 aliphatic rings. The Kier molecular flexibility index (Phi) is 4.73. The van der Waals surface area contributed by atoms with Crippen molar-refractivity contribution in [2.45, 2.75) is 43.9 Å². The largest absolute Gasteiger partial charge is 0.310 e. The molecule has 0 saturated heterocycles. The molecule has 1 aromatic carbocycles. The van der Waals surface area contributed by atoms with Gasteiger partial charge in [-0.15, -0.1) is 0 Å². The lowest BCUT2D eigenvalue weighted by atomic mass is 9.90. The lowest BCUT2D eigenvalue weighted by Crippen LogP contribution is -2.11. The molecule has 0 radical (unpaired) electrons. The number of aryl methyl sites for hydroxylation is 1. The molecule has 2 heteroatoms. The Morgan fingerprint density at radius 1 is 1.12 bits per heavy atom. The van der Waals surface area contributed by atoms with E-state index in [1.807, 2.05) is 0 Å². The summed E-state index contributed by atoms with van der Waals surface area (Å²) in [5, 5.41) is 0. The van der Waals surface area contributed by atoms with Crippen molar-refractivity contribution in [3.05, 3.63) is 29.8 Å². The van der Waals surface area contributed by atoms with E-state index in [4.69, 9.17) is 4.18 Å². The number of hydrogen-bond acceptors (Lipinski definition) is 2. The van der Waals surface area contributed by atoms with Crippen LogP contribution in [0, 0.1) is 12.8 Å². The summed E-state index contributed by atoms with van der Waals surface area (Å²) in [5.41, 5.74) is 1.30. The molecular weight excluding hydrogens is 216 g/mol. The molecule has 1 saturated carbocycles. The van der Waals surface area contributed by atoms with Crippen LogP contribution >= 0.6 is 12.0 Å². The topological polar surface area (TPSA) is 9.23 Å². The maximum Gasteiger partial charge on any atom is 0.0646 e. The summed E-state index contributed by atoms with van der Waals surface area (Å²) < 4.78 is 5.72. The van der Waals surface area contributed by atoms with Gasteiger partial charge in [0.2, 0.25) is 0 Å².